The Labute approximate surface area is 158 Å². The van der Waals surface area contributed by atoms with Gasteiger partial charge in [0.05, 0.1) is 5.60 Å². The van der Waals surface area contributed by atoms with Crippen molar-refractivity contribution in [1.29, 1.82) is 0 Å². The zero-order valence-electron chi connectivity index (χ0n) is 16.7. The highest BCUT2D eigenvalue weighted by Crippen LogP contribution is 2.44. The van der Waals surface area contributed by atoms with Crippen LogP contribution in [0.4, 0.5) is 13.2 Å². The van der Waals surface area contributed by atoms with Gasteiger partial charge in [-0.1, -0.05) is 36.4 Å². The molecule has 2 nitrogen and oxygen atoms in total. The van der Waals surface area contributed by atoms with Gasteiger partial charge in [-0.3, -0.25) is 0 Å². The summed E-state index contributed by atoms with van der Waals surface area (Å²) < 4.78 is 45.7. The summed E-state index contributed by atoms with van der Waals surface area (Å²) in [5, 5.41) is 12.0. The third-order valence-corrected chi connectivity index (χ3v) is 5.26. The summed E-state index contributed by atoms with van der Waals surface area (Å²) >= 11 is 0. The number of benzene rings is 2. The van der Waals surface area contributed by atoms with Crippen molar-refractivity contribution < 1.29 is 23.0 Å². The fourth-order valence-corrected chi connectivity index (χ4v) is 3.02. The number of allylic oxidation sites excluding steroid dienone is 1. The van der Waals surface area contributed by atoms with Crippen LogP contribution in [0.1, 0.15) is 52.7 Å². The van der Waals surface area contributed by atoms with Crippen molar-refractivity contribution in [2.75, 3.05) is 0 Å². The maximum Gasteiger partial charge on any atom is 0.419 e. The van der Waals surface area contributed by atoms with Gasteiger partial charge in [-0.05, 0) is 75.6 Å². The molecule has 5 heteroatoms. The van der Waals surface area contributed by atoms with E-state index in [1.165, 1.54) is 13.8 Å². The van der Waals surface area contributed by atoms with Crippen LogP contribution in [0.25, 0.3) is 16.3 Å². The number of rotatable bonds is 5. The summed E-state index contributed by atoms with van der Waals surface area (Å²) in [6.45, 7) is 12.5. The van der Waals surface area contributed by atoms with E-state index in [0.29, 0.717) is 0 Å². The fraction of sp³-hybridized carbons (Fsp3) is 0.455. The molecule has 27 heavy (non-hydrogen) atoms. The standard InChI is InChI=1S/C22H27F3O2/c1-14(2)15-8-9-17-13-18(11-10-16(17)12-15)19(3,4)27-20(5,6)21(7,26)22(23,24)25/h8-13,26H,1H2,2-7H3. The Bertz CT molecular complexity index is 861. The highest BCUT2D eigenvalue weighted by Gasteiger charge is 2.61. The molecule has 0 bridgehead atoms. The van der Waals surface area contributed by atoms with Crippen molar-refractivity contribution in [1.82, 2.24) is 0 Å². The summed E-state index contributed by atoms with van der Waals surface area (Å²) in [6.07, 6.45) is -4.81. The highest BCUT2D eigenvalue weighted by atomic mass is 19.4. The predicted molar refractivity (Wildman–Crippen MR) is 104 cm³/mol. The maximum absolute atomic E-state index is 13.3. The molecule has 0 aromatic heterocycles. The zero-order valence-corrected chi connectivity index (χ0v) is 16.7. The molecule has 0 saturated heterocycles. The van der Waals surface area contributed by atoms with E-state index < -0.39 is 23.0 Å². The zero-order chi connectivity index (χ0) is 20.8. The first-order valence-electron chi connectivity index (χ1n) is 8.78. The Morgan fingerprint density at radius 3 is 1.96 bits per heavy atom. The first-order chi connectivity index (χ1) is 12.1. The van der Waals surface area contributed by atoms with Gasteiger partial charge in [0.25, 0.3) is 0 Å². The number of hydrogen-bond acceptors (Lipinski definition) is 2. The summed E-state index contributed by atoms with van der Waals surface area (Å²) in [7, 11) is 0. The number of fused-ring (bicyclic) bond motifs is 1. The quantitative estimate of drug-likeness (QED) is 0.667. The van der Waals surface area contributed by atoms with Crippen LogP contribution in [0.5, 0.6) is 0 Å². The van der Waals surface area contributed by atoms with Crippen molar-refractivity contribution in [3.8, 4) is 0 Å². The van der Waals surface area contributed by atoms with E-state index in [1.807, 2.05) is 43.3 Å². The smallest absolute Gasteiger partial charge is 0.378 e. The predicted octanol–water partition coefficient (Wildman–Crippen LogP) is 6.22. The number of ether oxygens (including phenoxy) is 1. The van der Waals surface area contributed by atoms with Crippen LogP contribution < -0.4 is 0 Å². The average molecular weight is 380 g/mol. The van der Waals surface area contributed by atoms with Crippen molar-refractivity contribution in [3.05, 3.63) is 54.1 Å². The van der Waals surface area contributed by atoms with E-state index in [0.717, 1.165) is 34.4 Å². The summed E-state index contributed by atoms with van der Waals surface area (Å²) in [4.78, 5) is 0. The Hall–Kier alpha value is -1.85. The van der Waals surface area contributed by atoms with E-state index in [2.05, 4.69) is 6.58 Å². The number of halogens is 3. The van der Waals surface area contributed by atoms with Crippen LogP contribution in [0.15, 0.2) is 43.0 Å². The van der Waals surface area contributed by atoms with Gasteiger partial charge >= 0.3 is 6.18 Å². The molecule has 0 radical (unpaired) electrons. The lowest BCUT2D eigenvalue weighted by Gasteiger charge is -2.45. The van der Waals surface area contributed by atoms with Gasteiger partial charge in [-0.25, -0.2) is 0 Å². The molecular formula is C22H27F3O2. The van der Waals surface area contributed by atoms with E-state index in [-0.39, 0.29) is 0 Å². The van der Waals surface area contributed by atoms with Crippen LogP contribution in [0.3, 0.4) is 0 Å². The molecule has 0 aliphatic rings. The van der Waals surface area contributed by atoms with Crippen LogP contribution in [-0.4, -0.2) is 22.5 Å². The van der Waals surface area contributed by atoms with Crippen molar-refractivity contribution in [2.45, 2.75) is 64.5 Å². The van der Waals surface area contributed by atoms with Crippen LogP contribution in [0.2, 0.25) is 0 Å². The van der Waals surface area contributed by atoms with Crippen LogP contribution in [-0.2, 0) is 10.3 Å². The van der Waals surface area contributed by atoms with E-state index in [1.54, 1.807) is 13.8 Å². The summed E-state index contributed by atoms with van der Waals surface area (Å²) in [5.41, 5.74) is -3.17. The molecule has 0 aliphatic heterocycles. The lowest BCUT2D eigenvalue weighted by atomic mass is 9.85. The maximum atomic E-state index is 13.3. The summed E-state index contributed by atoms with van der Waals surface area (Å²) in [6, 6.07) is 11.6. The first kappa shape index (κ1) is 21.5. The molecule has 0 spiro atoms. The Morgan fingerprint density at radius 2 is 1.44 bits per heavy atom. The second-order valence-corrected chi connectivity index (χ2v) is 8.25. The molecule has 2 rings (SSSR count). The lowest BCUT2D eigenvalue weighted by Crippen LogP contribution is -2.61. The molecule has 0 fully saturated rings. The largest absolute Gasteiger partial charge is 0.419 e. The second-order valence-electron chi connectivity index (χ2n) is 8.25. The van der Waals surface area contributed by atoms with E-state index >= 15 is 0 Å². The molecule has 148 valence electrons. The van der Waals surface area contributed by atoms with E-state index in [9.17, 15) is 18.3 Å². The molecular weight excluding hydrogens is 353 g/mol. The minimum Gasteiger partial charge on any atom is -0.378 e. The molecule has 0 saturated carbocycles. The fourth-order valence-electron chi connectivity index (χ4n) is 3.02. The minimum atomic E-state index is -4.81. The van der Waals surface area contributed by atoms with Crippen molar-refractivity contribution >= 4 is 16.3 Å². The Balaban J connectivity index is 2.41. The highest BCUT2D eigenvalue weighted by molar-refractivity contribution is 5.86. The molecule has 2 aromatic carbocycles. The molecule has 2 aromatic rings. The van der Waals surface area contributed by atoms with Gasteiger partial charge in [0.15, 0.2) is 5.60 Å². The monoisotopic (exact) mass is 380 g/mol. The molecule has 1 N–H and O–H groups in total. The van der Waals surface area contributed by atoms with Gasteiger partial charge in [0.2, 0.25) is 0 Å². The van der Waals surface area contributed by atoms with Crippen molar-refractivity contribution in [2.24, 2.45) is 0 Å². The molecule has 1 atom stereocenters. The Morgan fingerprint density at radius 1 is 0.926 bits per heavy atom. The first-order valence-corrected chi connectivity index (χ1v) is 8.78. The van der Waals surface area contributed by atoms with Gasteiger partial charge in [0, 0.05) is 0 Å². The van der Waals surface area contributed by atoms with Crippen LogP contribution >= 0.6 is 0 Å². The summed E-state index contributed by atoms with van der Waals surface area (Å²) in [5.74, 6) is 0. The molecule has 0 aliphatic carbocycles. The molecule has 1 unspecified atom stereocenters. The average Bonchev–Trinajstić information content (AvgIpc) is 2.51. The third kappa shape index (κ3) is 4.04. The second kappa shape index (κ2) is 6.64. The normalized spacial score (nSPS) is 15.6. The molecule has 0 amide bonds. The number of hydrogen-bond donors (Lipinski definition) is 1. The van der Waals surface area contributed by atoms with Gasteiger partial charge in [-0.2, -0.15) is 13.2 Å². The minimum absolute atomic E-state index is 0.726. The number of aliphatic hydroxyl groups is 1. The van der Waals surface area contributed by atoms with Gasteiger partial charge in [-0.15, -0.1) is 0 Å². The lowest BCUT2D eigenvalue weighted by molar-refractivity contribution is -0.328. The van der Waals surface area contributed by atoms with Crippen molar-refractivity contribution in [3.63, 3.8) is 0 Å². The Kier molecular flexibility index (Phi) is 5.28. The molecule has 0 heterocycles. The third-order valence-electron chi connectivity index (χ3n) is 5.26. The van der Waals surface area contributed by atoms with E-state index in [4.69, 9.17) is 4.74 Å². The SMILES string of the molecule is C=C(C)c1ccc2cc(C(C)(C)OC(C)(C)C(C)(O)C(F)(F)F)ccc2c1. The van der Waals surface area contributed by atoms with Gasteiger partial charge in [0.1, 0.15) is 5.60 Å². The number of alkyl halides is 3. The van der Waals surface area contributed by atoms with Crippen LogP contribution in [0, 0.1) is 0 Å². The topological polar surface area (TPSA) is 29.5 Å². The van der Waals surface area contributed by atoms with Gasteiger partial charge < -0.3 is 9.84 Å².